The Kier molecular flexibility index (Phi) is 5.63. The molecule has 1 aliphatic carbocycles. The van der Waals surface area contributed by atoms with Gasteiger partial charge in [0.05, 0.1) is 33.5 Å². The highest BCUT2D eigenvalue weighted by Gasteiger charge is 2.24. The van der Waals surface area contributed by atoms with Gasteiger partial charge in [0.1, 0.15) is 0 Å². The second-order valence-corrected chi connectivity index (χ2v) is 13.0. The van der Waals surface area contributed by atoms with Gasteiger partial charge in [0.25, 0.3) is 0 Å². The number of hydrogen-bond donors (Lipinski definition) is 0. The van der Waals surface area contributed by atoms with E-state index in [1.54, 1.807) is 0 Å². The average Bonchev–Trinajstić information content (AvgIpc) is 3.70. The zero-order valence-corrected chi connectivity index (χ0v) is 27.0. The summed E-state index contributed by atoms with van der Waals surface area (Å²) in [7, 11) is 0. The molecular formula is C46H28N4. The summed E-state index contributed by atoms with van der Waals surface area (Å²) in [5.41, 5.74) is 15.7. The minimum absolute atomic E-state index is 0.897. The Morgan fingerprint density at radius 2 is 0.720 bits per heavy atom. The van der Waals surface area contributed by atoms with E-state index in [0.29, 0.717) is 0 Å². The molecule has 0 fully saturated rings. The van der Waals surface area contributed by atoms with Crippen LogP contribution in [0.1, 0.15) is 0 Å². The fraction of sp³-hybridized carbons (Fsp3) is 0. The van der Waals surface area contributed by atoms with Crippen LogP contribution < -0.4 is 0 Å². The summed E-state index contributed by atoms with van der Waals surface area (Å²) in [4.78, 5) is 9.82. The Morgan fingerprint density at radius 3 is 1.34 bits per heavy atom. The normalized spacial score (nSPS) is 12.0. The molecule has 0 saturated carbocycles. The molecule has 4 aromatic heterocycles. The molecule has 4 heteroatoms. The van der Waals surface area contributed by atoms with Crippen LogP contribution >= 0.6 is 0 Å². The quantitative estimate of drug-likeness (QED) is 0.189. The van der Waals surface area contributed by atoms with Crippen LogP contribution in [0.25, 0.3) is 99.8 Å². The van der Waals surface area contributed by atoms with E-state index in [9.17, 15) is 0 Å². The van der Waals surface area contributed by atoms with Crippen molar-refractivity contribution in [3.8, 4) is 56.1 Å². The molecule has 6 aromatic carbocycles. The molecule has 0 bridgehead atoms. The number of nitrogens with zero attached hydrogens (tertiary/aromatic N) is 4. The number of para-hydroxylation sites is 3. The smallest absolute Gasteiger partial charge is 0.0971 e. The van der Waals surface area contributed by atoms with Crippen LogP contribution in [0, 0.1) is 0 Å². The summed E-state index contributed by atoms with van der Waals surface area (Å²) in [5, 5.41) is 4.97. The van der Waals surface area contributed by atoms with Crippen molar-refractivity contribution in [3.05, 3.63) is 170 Å². The molecule has 0 unspecified atom stereocenters. The molecular weight excluding hydrogens is 609 g/mol. The van der Waals surface area contributed by atoms with Crippen molar-refractivity contribution in [2.24, 2.45) is 0 Å². The molecule has 11 rings (SSSR count). The van der Waals surface area contributed by atoms with Crippen LogP contribution in [0.15, 0.2) is 170 Å². The fourth-order valence-corrected chi connectivity index (χ4v) is 8.28. The molecule has 0 spiro atoms. The third kappa shape index (κ3) is 3.76. The molecule has 0 atom stereocenters. The monoisotopic (exact) mass is 636 g/mol. The number of benzene rings is 6. The van der Waals surface area contributed by atoms with Gasteiger partial charge in [0, 0.05) is 56.4 Å². The lowest BCUT2D eigenvalue weighted by atomic mass is 9.84. The van der Waals surface area contributed by atoms with Crippen LogP contribution in [-0.4, -0.2) is 19.1 Å². The minimum atomic E-state index is 0.897. The van der Waals surface area contributed by atoms with E-state index in [-0.39, 0.29) is 0 Å². The van der Waals surface area contributed by atoms with E-state index in [4.69, 9.17) is 9.97 Å². The fourth-order valence-electron chi connectivity index (χ4n) is 8.28. The molecule has 0 amide bonds. The SMILES string of the molecule is c1ccc2c(c1)-c1ccc(-n3c4ccccc4c4cc(-n5c6ccccc6c6ccccc65)ccc43)cc1-c1cccnc1-c1ncccc1-2. The molecule has 50 heavy (non-hydrogen) atoms. The van der Waals surface area contributed by atoms with Crippen molar-refractivity contribution in [1.82, 2.24) is 19.1 Å². The predicted octanol–water partition coefficient (Wildman–Crippen LogP) is 11.7. The van der Waals surface area contributed by atoms with Crippen LogP contribution in [0.2, 0.25) is 0 Å². The first-order valence-electron chi connectivity index (χ1n) is 17.0. The van der Waals surface area contributed by atoms with Crippen LogP contribution in [0.3, 0.4) is 0 Å². The van der Waals surface area contributed by atoms with Gasteiger partial charge in [-0.2, -0.15) is 0 Å². The van der Waals surface area contributed by atoms with Crippen molar-refractivity contribution in [2.45, 2.75) is 0 Å². The van der Waals surface area contributed by atoms with Gasteiger partial charge in [-0.3, -0.25) is 9.97 Å². The highest BCUT2D eigenvalue weighted by atomic mass is 15.0. The van der Waals surface area contributed by atoms with Gasteiger partial charge >= 0.3 is 0 Å². The maximum atomic E-state index is 4.93. The van der Waals surface area contributed by atoms with Crippen molar-refractivity contribution < 1.29 is 0 Å². The van der Waals surface area contributed by atoms with Crippen molar-refractivity contribution in [1.29, 1.82) is 0 Å². The highest BCUT2D eigenvalue weighted by Crippen LogP contribution is 2.47. The molecule has 232 valence electrons. The lowest BCUT2D eigenvalue weighted by Crippen LogP contribution is -2.02. The Labute approximate surface area is 288 Å². The standard InChI is InChI=1S/C46H28N4/c1-2-12-32-31(11-1)33-23-21-29(27-39(33)38-17-10-26-48-46(38)45-37(32)16-9-25-47-45)50-43-20-8-5-15-36(43)40-28-30(22-24-44(40)50)49-41-18-6-3-13-34(41)35-14-4-7-19-42(35)49/h1-28H. The Bertz CT molecular complexity index is 2940. The summed E-state index contributed by atoms with van der Waals surface area (Å²) in [5.74, 6) is 0. The first-order chi connectivity index (χ1) is 24.8. The molecule has 4 heterocycles. The van der Waals surface area contributed by atoms with E-state index in [1.165, 1.54) is 54.7 Å². The Balaban J connectivity index is 1.18. The second kappa shape index (κ2) is 10.4. The molecule has 10 aromatic rings. The van der Waals surface area contributed by atoms with Gasteiger partial charge in [0.15, 0.2) is 0 Å². The average molecular weight is 637 g/mol. The number of fused-ring (bicyclic) bond motifs is 14. The van der Waals surface area contributed by atoms with Gasteiger partial charge in [0.2, 0.25) is 0 Å². The van der Waals surface area contributed by atoms with Gasteiger partial charge in [-0.05, 0) is 82.9 Å². The second-order valence-electron chi connectivity index (χ2n) is 13.0. The van der Waals surface area contributed by atoms with Crippen molar-refractivity contribution >= 4 is 43.6 Å². The van der Waals surface area contributed by atoms with Crippen molar-refractivity contribution in [3.63, 3.8) is 0 Å². The van der Waals surface area contributed by atoms with Crippen LogP contribution in [0.5, 0.6) is 0 Å². The van der Waals surface area contributed by atoms with E-state index >= 15 is 0 Å². The Morgan fingerprint density at radius 1 is 0.300 bits per heavy atom. The van der Waals surface area contributed by atoms with Gasteiger partial charge in [-0.15, -0.1) is 0 Å². The molecule has 0 radical (unpaired) electrons. The summed E-state index contributed by atoms with van der Waals surface area (Å²) >= 11 is 0. The molecule has 0 N–H and O–H groups in total. The predicted molar refractivity (Wildman–Crippen MR) is 206 cm³/mol. The third-order valence-corrected chi connectivity index (χ3v) is 10.4. The summed E-state index contributed by atoms with van der Waals surface area (Å²) in [6.07, 6.45) is 3.74. The van der Waals surface area contributed by atoms with E-state index in [1.807, 2.05) is 24.5 Å². The zero-order valence-electron chi connectivity index (χ0n) is 27.0. The summed E-state index contributed by atoms with van der Waals surface area (Å²) in [6.45, 7) is 0. The number of aromatic nitrogens is 4. The molecule has 1 aliphatic rings. The largest absolute Gasteiger partial charge is 0.309 e. The number of hydrogen-bond acceptors (Lipinski definition) is 2. The maximum absolute atomic E-state index is 4.93. The summed E-state index contributed by atoms with van der Waals surface area (Å²) < 4.78 is 4.81. The minimum Gasteiger partial charge on any atom is -0.309 e. The van der Waals surface area contributed by atoms with E-state index in [2.05, 4.69) is 155 Å². The van der Waals surface area contributed by atoms with Gasteiger partial charge < -0.3 is 9.13 Å². The first-order valence-corrected chi connectivity index (χ1v) is 17.0. The highest BCUT2D eigenvalue weighted by molar-refractivity contribution is 6.12. The van der Waals surface area contributed by atoms with Gasteiger partial charge in [-0.1, -0.05) is 97.1 Å². The topological polar surface area (TPSA) is 35.6 Å². The van der Waals surface area contributed by atoms with Crippen LogP contribution in [0.4, 0.5) is 0 Å². The summed E-state index contributed by atoms with van der Waals surface area (Å²) in [6, 6.07) is 57.0. The third-order valence-electron chi connectivity index (χ3n) is 10.4. The van der Waals surface area contributed by atoms with Crippen LogP contribution in [-0.2, 0) is 0 Å². The zero-order chi connectivity index (χ0) is 32.8. The lowest BCUT2D eigenvalue weighted by Gasteiger charge is -2.22. The maximum Gasteiger partial charge on any atom is 0.0971 e. The molecule has 0 aliphatic heterocycles. The molecule has 4 nitrogen and oxygen atoms in total. The first kappa shape index (κ1) is 27.2. The van der Waals surface area contributed by atoms with E-state index < -0.39 is 0 Å². The number of pyridine rings is 2. The van der Waals surface area contributed by atoms with E-state index in [0.717, 1.165) is 45.0 Å². The number of rotatable bonds is 2. The van der Waals surface area contributed by atoms with Crippen molar-refractivity contribution in [2.75, 3.05) is 0 Å². The van der Waals surface area contributed by atoms with Gasteiger partial charge in [-0.25, -0.2) is 0 Å². The molecule has 0 saturated heterocycles. The lowest BCUT2D eigenvalue weighted by molar-refractivity contribution is 1.16. The Hall–Kier alpha value is -6.78.